The molecule has 0 aromatic heterocycles. The van der Waals surface area contributed by atoms with Gasteiger partial charge in [-0.1, -0.05) is 93.5 Å². The molecule has 0 N–H and O–H groups in total. The third-order valence-electron chi connectivity index (χ3n) is 7.76. The van der Waals surface area contributed by atoms with Crippen molar-refractivity contribution in [2.75, 3.05) is 14.2 Å². The molecule has 0 unspecified atom stereocenters. The molecule has 230 valence electrons. The van der Waals surface area contributed by atoms with Crippen molar-refractivity contribution in [1.29, 1.82) is 0 Å². The Hall–Kier alpha value is -3.28. The van der Waals surface area contributed by atoms with Crippen molar-refractivity contribution in [1.82, 2.24) is 0 Å². The number of benzene rings is 2. The first-order chi connectivity index (χ1) is 20.4. The topological polar surface area (TPSA) is 86.7 Å². The zero-order valence-corrected chi connectivity index (χ0v) is 25.8. The predicted octanol–water partition coefficient (Wildman–Crippen LogP) is 8.42. The van der Waals surface area contributed by atoms with Gasteiger partial charge in [0.15, 0.2) is 11.6 Å². The lowest BCUT2D eigenvalue weighted by Gasteiger charge is -2.06. The van der Waals surface area contributed by atoms with Gasteiger partial charge in [0.05, 0.1) is 14.2 Å². The van der Waals surface area contributed by atoms with Crippen LogP contribution in [0.15, 0.2) is 48.5 Å². The summed E-state index contributed by atoms with van der Waals surface area (Å²) >= 11 is 0. The molecule has 0 saturated heterocycles. The highest BCUT2D eigenvalue weighted by Crippen LogP contribution is 2.16. The van der Waals surface area contributed by atoms with E-state index in [9.17, 15) is 19.2 Å². The number of esters is 2. The van der Waals surface area contributed by atoms with Crippen LogP contribution in [-0.2, 0) is 31.9 Å². The third kappa shape index (κ3) is 15.1. The SMILES string of the molecule is COC(=O)CCCCC(=O)c1ccc(CCCCCCCCCCCc2ccc(C(=O)CCCC(=O)OC)cc2)cc1. The van der Waals surface area contributed by atoms with Gasteiger partial charge in [-0.05, 0) is 56.1 Å². The van der Waals surface area contributed by atoms with Gasteiger partial charge in [-0.3, -0.25) is 19.2 Å². The fourth-order valence-electron chi connectivity index (χ4n) is 5.05. The molecular weight excluding hydrogens is 528 g/mol. The van der Waals surface area contributed by atoms with Crippen molar-refractivity contribution in [2.45, 2.75) is 116 Å². The van der Waals surface area contributed by atoms with E-state index in [2.05, 4.69) is 33.7 Å². The summed E-state index contributed by atoms with van der Waals surface area (Å²) in [5, 5.41) is 0. The monoisotopic (exact) mass is 578 g/mol. The molecule has 0 amide bonds. The van der Waals surface area contributed by atoms with E-state index in [0.29, 0.717) is 38.5 Å². The smallest absolute Gasteiger partial charge is 0.305 e. The number of hydrogen-bond donors (Lipinski definition) is 0. The van der Waals surface area contributed by atoms with Crippen LogP contribution in [0.4, 0.5) is 0 Å². The van der Waals surface area contributed by atoms with Crippen LogP contribution < -0.4 is 0 Å². The molecule has 6 heteroatoms. The highest BCUT2D eigenvalue weighted by atomic mass is 16.5. The van der Waals surface area contributed by atoms with Crippen LogP contribution in [0, 0.1) is 0 Å². The summed E-state index contributed by atoms with van der Waals surface area (Å²) in [6.07, 6.45) is 16.7. The second kappa shape index (κ2) is 21.4. The number of carbonyl (C=O) groups excluding carboxylic acids is 4. The molecule has 0 atom stereocenters. The molecule has 0 saturated carbocycles. The Kier molecular flexibility index (Phi) is 17.8. The Balaban J connectivity index is 1.45. The Labute approximate surface area is 252 Å². The van der Waals surface area contributed by atoms with Crippen molar-refractivity contribution >= 4 is 23.5 Å². The summed E-state index contributed by atoms with van der Waals surface area (Å²) < 4.78 is 9.24. The summed E-state index contributed by atoms with van der Waals surface area (Å²) in [5.74, 6) is -0.276. The normalized spacial score (nSPS) is 10.8. The molecule has 42 heavy (non-hydrogen) atoms. The summed E-state index contributed by atoms with van der Waals surface area (Å²) in [7, 11) is 2.75. The molecule has 0 radical (unpaired) electrons. The quantitative estimate of drug-likeness (QED) is 0.0747. The second-order valence-electron chi connectivity index (χ2n) is 11.1. The highest BCUT2D eigenvalue weighted by molar-refractivity contribution is 5.96. The molecule has 0 aliphatic carbocycles. The molecule has 2 aromatic rings. The Morgan fingerprint density at radius 3 is 1.17 bits per heavy atom. The summed E-state index contributed by atoms with van der Waals surface area (Å²) in [6.45, 7) is 0. The Bertz CT molecular complexity index is 1070. The number of ketones is 2. The van der Waals surface area contributed by atoms with E-state index in [1.165, 1.54) is 83.1 Å². The number of ether oxygens (including phenoxy) is 2. The van der Waals surface area contributed by atoms with Gasteiger partial charge in [0, 0.05) is 36.8 Å². The van der Waals surface area contributed by atoms with Crippen molar-refractivity contribution in [3.63, 3.8) is 0 Å². The van der Waals surface area contributed by atoms with Crippen molar-refractivity contribution in [2.24, 2.45) is 0 Å². The molecule has 0 fully saturated rings. The zero-order chi connectivity index (χ0) is 30.4. The summed E-state index contributed by atoms with van der Waals surface area (Å²) in [6, 6.07) is 15.9. The Morgan fingerprint density at radius 2 is 0.762 bits per heavy atom. The second-order valence-corrected chi connectivity index (χ2v) is 11.1. The molecular formula is C36H50O6. The highest BCUT2D eigenvalue weighted by Gasteiger charge is 2.09. The molecule has 2 rings (SSSR count). The van der Waals surface area contributed by atoms with E-state index in [0.717, 1.165) is 24.0 Å². The number of aryl methyl sites for hydroxylation is 2. The third-order valence-corrected chi connectivity index (χ3v) is 7.76. The van der Waals surface area contributed by atoms with E-state index in [4.69, 9.17) is 0 Å². The van der Waals surface area contributed by atoms with Crippen LogP contribution in [0.1, 0.15) is 135 Å². The maximum Gasteiger partial charge on any atom is 0.305 e. The molecule has 0 aliphatic rings. The van der Waals surface area contributed by atoms with E-state index >= 15 is 0 Å². The maximum atomic E-state index is 12.3. The number of methoxy groups -OCH3 is 2. The molecule has 0 bridgehead atoms. The van der Waals surface area contributed by atoms with Gasteiger partial charge in [-0.25, -0.2) is 0 Å². The average Bonchev–Trinajstić information content (AvgIpc) is 3.02. The number of Topliss-reactive ketones (excluding diaryl/α,β-unsaturated/α-hetero) is 2. The lowest BCUT2D eigenvalue weighted by molar-refractivity contribution is -0.141. The minimum Gasteiger partial charge on any atom is -0.469 e. The molecule has 0 spiro atoms. The predicted molar refractivity (Wildman–Crippen MR) is 167 cm³/mol. The number of carbonyl (C=O) groups is 4. The lowest BCUT2D eigenvalue weighted by atomic mass is 10.00. The van der Waals surface area contributed by atoms with Gasteiger partial charge in [-0.2, -0.15) is 0 Å². The lowest BCUT2D eigenvalue weighted by Crippen LogP contribution is -2.03. The van der Waals surface area contributed by atoms with Gasteiger partial charge in [-0.15, -0.1) is 0 Å². The largest absolute Gasteiger partial charge is 0.469 e. The first-order valence-corrected chi connectivity index (χ1v) is 15.8. The number of rotatable bonds is 23. The van der Waals surface area contributed by atoms with Gasteiger partial charge >= 0.3 is 11.9 Å². The zero-order valence-electron chi connectivity index (χ0n) is 25.8. The van der Waals surface area contributed by atoms with Crippen molar-refractivity contribution in [3.8, 4) is 0 Å². The Morgan fingerprint density at radius 1 is 0.429 bits per heavy atom. The van der Waals surface area contributed by atoms with Crippen LogP contribution in [0.5, 0.6) is 0 Å². The minimum absolute atomic E-state index is 0.0785. The van der Waals surface area contributed by atoms with E-state index in [1.807, 2.05) is 24.3 Å². The van der Waals surface area contributed by atoms with Gasteiger partial charge < -0.3 is 9.47 Å². The fourth-order valence-corrected chi connectivity index (χ4v) is 5.05. The average molecular weight is 579 g/mol. The number of unbranched alkanes of at least 4 members (excludes halogenated alkanes) is 9. The first kappa shape index (κ1) is 34.9. The number of hydrogen-bond acceptors (Lipinski definition) is 6. The van der Waals surface area contributed by atoms with Gasteiger partial charge in [0.2, 0.25) is 0 Å². The van der Waals surface area contributed by atoms with Gasteiger partial charge in [0.25, 0.3) is 0 Å². The van der Waals surface area contributed by atoms with E-state index < -0.39 is 0 Å². The molecule has 6 nitrogen and oxygen atoms in total. The minimum atomic E-state index is -0.272. The fraction of sp³-hybridized carbons (Fsp3) is 0.556. The van der Waals surface area contributed by atoms with Crippen LogP contribution >= 0.6 is 0 Å². The molecule has 2 aromatic carbocycles. The van der Waals surface area contributed by atoms with Crippen LogP contribution in [0.2, 0.25) is 0 Å². The van der Waals surface area contributed by atoms with Crippen LogP contribution in [0.3, 0.4) is 0 Å². The molecule has 0 aliphatic heterocycles. The van der Waals surface area contributed by atoms with Crippen LogP contribution in [-0.4, -0.2) is 37.7 Å². The van der Waals surface area contributed by atoms with Crippen molar-refractivity contribution < 1.29 is 28.7 Å². The summed E-state index contributed by atoms with van der Waals surface area (Å²) in [4.78, 5) is 46.9. The molecule has 0 heterocycles. The van der Waals surface area contributed by atoms with Gasteiger partial charge in [0.1, 0.15) is 0 Å². The van der Waals surface area contributed by atoms with Crippen molar-refractivity contribution in [3.05, 3.63) is 70.8 Å². The van der Waals surface area contributed by atoms with E-state index in [1.54, 1.807) is 0 Å². The van der Waals surface area contributed by atoms with E-state index in [-0.39, 0.29) is 29.9 Å². The first-order valence-electron chi connectivity index (χ1n) is 15.8. The summed E-state index contributed by atoms with van der Waals surface area (Å²) in [5.41, 5.74) is 4.03. The maximum absolute atomic E-state index is 12.3. The van der Waals surface area contributed by atoms with Crippen LogP contribution in [0.25, 0.3) is 0 Å². The standard InChI is InChI=1S/C36H50O6/c1-41-35(39)19-13-12-17-33(37)31-25-21-29(22-26-31)15-10-8-6-4-3-5-7-9-11-16-30-23-27-32(28-24-30)34(38)18-14-20-36(40)42-2/h21-28H,3-20H2,1-2H3.